The molecule has 0 aliphatic carbocycles. The molecular formula is C18H26N6O2. The Kier molecular flexibility index (Phi) is 5.57. The molecule has 2 fully saturated rings. The first-order valence-corrected chi connectivity index (χ1v) is 9.15. The number of urea groups is 1. The fourth-order valence-corrected chi connectivity index (χ4v) is 3.81. The molecule has 0 radical (unpaired) electrons. The van der Waals surface area contributed by atoms with Gasteiger partial charge in [-0.15, -0.1) is 0 Å². The monoisotopic (exact) mass is 358 g/mol. The van der Waals surface area contributed by atoms with E-state index in [1.165, 1.54) is 6.20 Å². The highest BCUT2D eigenvalue weighted by Crippen LogP contribution is 2.25. The lowest BCUT2D eigenvalue weighted by molar-refractivity contribution is 0.0561. The zero-order chi connectivity index (χ0) is 18.7. The van der Waals surface area contributed by atoms with Gasteiger partial charge in [0, 0.05) is 50.5 Å². The van der Waals surface area contributed by atoms with E-state index in [0.717, 1.165) is 6.42 Å². The number of hydrogen-bond donors (Lipinski definition) is 1. The first-order valence-electron chi connectivity index (χ1n) is 9.15. The molecule has 8 nitrogen and oxygen atoms in total. The number of hydrogen-bond acceptors (Lipinski definition) is 6. The SMILES string of the molecule is CC1CC(CNC(=O)N2CCN(c3nccnc3C#N)CC2C)C(C)O1. The van der Waals surface area contributed by atoms with E-state index in [4.69, 9.17) is 4.74 Å². The summed E-state index contributed by atoms with van der Waals surface area (Å²) in [6.45, 7) is 8.63. The molecule has 0 spiro atoms. The molecule has 2 saturated heterocycles. The Morgan fingerprint density at radius 3 is 2.77 bits per heavy atom. The number of piperazine rings is 1. The highest BCUT2D eigenvalue weighted by Gasteiger charge is 2.32. The maximum Gasteiger partial charge on any atom is 0.317 e. The summed E-state index contributed by atoms with van der Waals surface area (Å²) < 4.78 is 5.75. The van der Waals surface area contributed by atoms with Gasteiger partial charge in [-0.1, -0.05) is 0 Å². The van der Waals surface area contributed by atoms with Crippen LogP contribution in [0.15, 0.2) is 12.4 Å². The van der Waals surface area contributed by atoms with Gasteiger partial charge in [0.15, 0.2) is 11.5 Å². The Hall–Kier alpha value is -2.40. The highest BCUT2D eigenvalue weighted by atomic mass is 16.5. The molecule has 2 aliphatic rings. The van der Waals surface area contributed by atoms with Crippen molar-refractivity contribution in [2.24, 2.45) is 5.92 Å². The second-order valence-electron chi connectivity index (χ2n) is 7.16. The van der Waals surface area contributed by atoms with E-state index < -0.39 is 0 Å². The maximum absolute atomic E-state index is 12.6. The summed E-state index contributed by atoms with van der Waals surface area (Å²) in [5, 5.41) is 12.3. The molecule has 1 aromatic rings. The fourth-order valence-electron chi connectivity index (χ4n) is 3.81. The summed E-state index contributed by atoms with van der Waals surface area (Å²) >= 11 is 0. The number of nitrogens with one attached hydrogen (secondary N) is 1. The predicted molar refractivity (Wildman–Crippen MR) is 96.6 cm³/mol. The molecule has 140 valence electrons. The van der Waals surface area contributed by atoms with Crippen LogP contribution in [-0.2, 0) is 4.74 Å². The van der Waals surface area contributed by atoms with Crippen molar-refractivity contribution in [3.05, 3.63) is 18.1 Å². The van der Waals surface area contributed by atoms with E-state index in [0.29, 0.717) is 43.6 Å². The second kappa shape index (κ2) is 7.87. The Labute approximate surface area is 154 Å². The number of ether oxygens (including phenoxy) is 1. The van der Waals surface area contributed by atoms with Crippen LogP contribution in [0, 0.1) is 17.2 Å². The lowest BCUT2D eigenvalue weighted by Gasteiger charge is -2.40. The smallest absolute Gasteiger partial charge is 0.317 e. The lowest BCUT2D eigenvalue weighted by Crippen LogP contribution is -2.57. The zero-order valence-electron chi connectivity index (χ0n) is 15.6. The number of rotatable bonds is 3. The predicted octanol–water partition coefficient (Wildman–Crippen LogP) is 1.38. The normalized spacial score (nSPS) is 28.7. The van der Waals surface area contributed by atoms with Gasteiger partial charge in [0.2, 0.25) is 0 Å². The van der Waals surface area contributed by atoms with Crippen molar-refractivity contribution < 1.29 is 9.53 Å². The van der Waals surface area contributed by atoms with E-state index in [1.807, 2.05) is 16.7 Å². The van der Waals surface area contributed by atoms with E-state index in [-0.39, 0.29) is 24.3 Å². The van der Waals surface area contributed by atoms with Crippen LogP contribution in [0.4, 0.5) is 10.6 Å². The molecule has 0 aromatic carbocycles. The maximum atomic E-state index is 12.6. The van der Waals surface area contributed by atoms with Crippen molar-refractivity contribution in [2.75, 3.05) is 31.1 Å². The minimum atomic E-state index is -0.0384. The quantitative estimate of drug-likeness (QED) is 0.877. The molecule has 8 heteroatoms. The molecule has 1 aromatic heterocycles. The number of anilines is 1. The van der Waals surface area contributed by atoms with E-state index in [9.17, 15) is 10.1 Å². The van der Waals surface area contributed by atoms with Crippen molar-refractivity contribution in [1.29, 1.82) is 5.26 Å². The molecular weight excluding hydrogens is 332 g/mol. The average molecular weight is 358 g/mol. The molecule has 0 saturated carbocycles. The van der Waals surface area contributed by atoms with E-state index in [2.05, 4.69) is 35.2 Å². The number of aromatic nitrogens is 2. The Morgan fingerprint density at radius 2 is 2.12 bits per heavy atom. The second-order valence-corrected chi connectivity index (χ2v) is 7.16. The summed E-state index contributed by atoms with van der Waals surface area (Å²) in [7, 11) is 0. The molecule has 1 N–H and O–H groups in total. The number of carbonyl (C=O) groups is 1. The van der Waals surface area contributed by atoms with Gasteiger partial charge in [0.25, 0.3) is 0 Å². The Balaban J connectivity index is 1.55. The van der Waals surface area contributed by atoms with Crippen LogP contribution < -0.4 is 10.2 Å². The molecule has 4 unspecified atom stereocenters. The molecule has 4 atom stereocenters. The summed E-state index contributed by atoms with van der Waals surface area (Å²) in [6.07, 6.45) is 4.53. The molecule has 2 amide bonds. The lowest BCUT2D eigenvalue weighted by atomic mass is 10.0. The van der Waals surface area contributed by atoms with Crippen molar-refractivity contribution in [3.63, 3.8) is 0 Å². The third-order valence-corrected chi connectivity index (χ3v) is 5.23. The van der Waals surface area contributed by atoms with Gasteiger partial charge < -0.3 is 19.9 Å². The Morgan fingerprint density at radius 1 is 1.35 bits per heavy atom. The van der Waals surface area contributed by atoms with Gasteiger partial charge in [0.05, 0.1) is 12.2 Å². The Bertz CT molecular complexity index is 691. The number of nitrogens with zero attached hydrogens (tertiary/aromatic N) is 5. The fraction of sp³-hybridized carbons (Fsp3) is 0.667. The number of nitriles is 1. The van der Waals surface area contributed by atoms with Crippen LogP contribution in [0.2, 0.25) is 0 Å². The minimum absolute atomic E-state index is 0.0217. The minimum Gasteiger partial charge on any atom is -0.375 e. The van der Waals surface area contributed by atoms with Crippen molar-refractivity contribution in [2.45, 2.75) is 45.4 Å². The summed E-state index contributed by atoms with van der Waals surface area (Å²) in [6, 6.07) is 2.06. The topological polar surface area (TPSA) is 94.4 Å². The largest absolute Gasteiger partial charge is 0.375 e. The molecule has 26 heavy (non-hydrogen) atoms. The van der Waals surface area contributed by atoms with Gasteiger partial charge in [-0.2, -0.15) is 5.26 Å². The van der Waals surface area contributed by atoms with Gasteiger partial charge >= 0.3 is 6.03 Å². The average Bonchev–Trinajstić information content (AvgIpc) is 2.96. The van der Waals surface area contributed by atoms with Crippen LogP contribution in [0.1, 0.15) is 32.9 Å². The molecule has 2 aliphatic heterocycles. The third-order valence-electron chi connectivity index (χ3n) is 5.23. The van der Waals surface area contributed by atoms with Gasteiger partial charge in [-0.3, -0.25) is 0 Å². The summed E-state index contributed by atoms with van der Waals surface area (Å²) in [5.41, 5.74) is 0.321. The molecule has 0 bridgehead atoms. The number of amides is 2. The zero-order valence-corrected chi connectivity index (χ0v) is 15.6. The van der Waals surface area contributed by atoms with Crippen LogP contribution in [0.3, 0.4) is 0 Å². The van der Waals surface area contributed by atoms with E-state index in [1.54, 1.807) is 6.20 Å². The summed E-state index contributed by atoms with van der Waals surface area (Å²) in [5.74, 6) is 0.955. The standard InChI is InChI=1S/C18H26N6O2/c1-12-11-23(17-16(9-19)20-4-5-21-17)6-7-24(12)18(25)22-10-15-8-13(2)26-14(15)3/h4-5,12-15H,6-8,10-11H2,1-3H3,(H,22,25). The van der Waals surface area contributed by atoms with Crippen LogP contribution >= 0.6 is 0 Å². The van der Waals surface area contributed by atoms with Crippen molar-refractivity contribution in [3.8, 4) is 6.07 Å². The van der Waals surface area contributed by atoms with Crippen molar-refractivity contribution >= 4 is 11.8 Å². The first-order chi connectivity index (χ1) is 12.5. The number of carbonyl (C=O) groups excluding carboxylic acids is 1. The van der Waals surface area contributed by atoms with Crippen LogP contribution in [0.25, 0.3) is 0 Å². The van der Waals surface area contributed by atoms with Gasteiger partial charge in [0.1, 0.15) is 6.07 Å². The first kappa shape index (κ1) is 18.4. The summed E-state index contributed by atoms with van der Waals surface area (Å²) in [4.78, 5) is 24.8. The highest BCUT2D eigenvalue weighted by molar-refractivity contribution is 5.75. The molecule has 3 heterocycles. The van der Waals surface area contributed by atoms with Crippen LogP contribution in [-0.4, -0.2) is 65.3 Å². The van der Waals surface area contributed by atoms with Gasteiger partial charge in [-0.05, 0) is 27.2 Å². The third kappa shape index (κ3) is 3.88. The molecule has 3 rings (SSSR count). The van der Waals surface area contributed by atoms with E-state index >= 15 is 0 Å². The van der Waals surface area contributed by atoms with Gasteiger partial charge in [-0.25, -0.2) is 14.8 Å². The van der Waals surface area contributed by atoms with Crippen LogP contribution in [0.5, 0.6) is 0 Å². The van der Waals surface area contributed by atoms with Crippen molar-refractivity contribution in [1.82, 2.24) is 20.2 Å².